The fourth-order valence-electron chi connectivity index (χ4n) is 2.45. The molecule has 0 aromatic rings. The van der Waals surface area contributed by atoms with Crippen LogP contribution in [0.25, 0.3) is 0 Å². The minimum Gasteiger partial charge on any atom is -0.511 e. The Morgan fingerprint density at radius 1 is 1.45 bits per heavy atom. The first-order valence-electron chi connectivity index (χ1n) is 7.35. The van der Waals surface area contributed by atoms with Crippen molar-refractivity contribution >= 4 is 17.5 Å². The first kappa shape index (κ1) is 18.2. The smallest absolute Gasteiger partial charge is 0.320 e. The number of nitrogens with zero attached hydrogens (tertiary/aromatic N) is 1. The number of rotatable bonds is 7. The van der Waals surface area contributed by atoms with E-state index in [1.807, 2.05) is 13.8 Å². The Balaban J connectivity index is 2.55. The third-order valence-electron chi connectivity index (χ3n) is 3.58. The van der Waals surface area contributed by atoms with Gasteiger partial charge in [0.2, 0.25) is 0 Å². The van der Waals surface area contributed by atoms with Crippen molar-refractivity contribution < 1.29 is 19.8 Å². The van der Waals surface area contributed by atoms with Gasteiger partial charge in [0, 0.05) is 19.4 Å². The Hall–Kier alpha value is -1.89. The van der Waals surface area contributed by atoms with Gasteiger partial charge in [-0.3, -0.25) is 9.59 Å². The molecule has 0 fully saturated rings. The fraction of sp³-hybridized carbons (Fsp3) is 0.667. The minimum atomic E-state index is -1.02. The van der Waals surface area contributed by atoms with E-state index in [2.05, 4.69) is 10.5 Å². The van der Waals surface area contributed by atoms with Crippen molar-refractivity contribution in [2.45, 2.75) is 52.5 Å². The van der Waals surface area contributed by atoms with Crippen LogP contribution in [-0.2, 0) is 9.59 Å². The molecule has 22 heavy (non-hydrogen) atoms. The lowest BCUT2D eigenvalue weighted by molar-refractivity contribution is -0.138. The molecule has 0 bridgehead atoms. The highest BCUT2D eigenvalue weighted by molar-refractivity contribution is 6.22. The molecule has 0 radical (unpaired) electrons. The molecular weight excluding hydrogens is 286 g/mol. The number of ketones is 1. The highest BCUT2D eigenvalue weighted by atomic mass is 16.4. The summed E-state index contributed by atoms with van der Waals surface area (Å²) in [6.07, 6.45) is 1.73. The van der Waals surface area contributed by atoms with Crippen LogP contribution in [0.1, 0.15) is 46.5 Å². The van der Waals surface area contributed by atoms with Gasteiger partial charge < -0.3 is 21.4 Å². The van der Waals surface area contributed by atoms with E-state index in [-0.39, 0.29) is 22.5 Å². The van der Waals surface area contributed by atoms with Gasteiger partial charge in [-0.05, 0) is 25.2 Å². The van der Waals surface area contributed by atoms with Crippen LogP contribution in [0.2, 0.25) is 0 Å². The topological polar surface area (TPSA) is 125 Å². The van der Waals surface area contributed by atoms with Crippen molar-refractivity contribution in [2.24, 2.45) is 16.3 Å². The van der Waals surface area contributed by atoms with Crippen LogP contribution in [0.5, 0.6) is 0 Å². The van der Waals surface area contributed by atoms with Crippen molar-refractivity contribution in [3.63, 3.8) is 0 Å². The number of carboxylic acids is 1. The van der Waals surface area contributed by atoms with E-state index in [1.54, 1.807) is 6.92 Å². The average molecular weight is 311 g/mol. The number of aliphatic carboxylic acids is 1. The van der Waals surface area contributed by atoms with E-state index in [0.717, 1.165) is 0 Å². The molecule has 0 aromatic heterocycles. The molecule has 0 spiro atoms. The molecule has 1 aliphatic rings. The Morgan fingerprint density at radius 3 is 2.64 bits per heavy atom. The van der Waals surface area contributed by atoms with Crippen LogP contribution in [0.3, 0.4) is 0 Å². The van der Waals surface area contributed by atoms with Crippen LogP contribution in [0.15, 0.2) is 16.4 Å². The van der Waals surface area contributed by atoms with E-state index in [9.17, 15) is 14.7 Å². The van der Waals surface area contributed by atoms with Gasteiger partial charge in [0.1, 0.15) is 11.8 Å². The predicted octanol–water partition coefficient (Wildman–Crippen LogP) is 1.35. The normalized spacial score (nSPS) is 20.0. The van der Waals surface area contributed by atoms with Gasteiger partial charge in [-0.2, -0.15) is 5.10 Å². The maximum Gasteiger partial charge on any atom is 0.320 e. The Kier molecular flexibility index (Phi) is 6.11. The zero-order chi connectivity index (χ0) is 16.9. The highest BCUT2D eigenvalue weighted by Gasteiger charge is 2.34. The molecule has 1 aliphatic carbocycles. The van der Waals surface area contributed by atoms with Gasteiger partial charge >= 0.3 is 5.97 Å². The van der Waals surface area contributed by atoms with Crippen LogP contribution in [0.4, 0.5) is 0 Å². The third-order valence-corrected chi connectivity index (χ3v) is 3.58. The van der Waals surface area contributed by atoms with Gasteiger partial charge in [0.05, 0.1) is 11.3 Å². The lowest BCUT2D eigenvalue weighted by atomic mass is 9.76. The molecule has 1 atom stereocenters. The van der Waals surface area contributed by atoms with Crippen LogP contribution >= 0.6 is 0 Å². The summed E-state index contributed by atoms with van der Waals surface area (Å²) in [5.74, 6) is -1.05. The number of allylic oxidation sites excluding steroid dienone is 2. The third kappa shape index (κ3) is 5.14. The number of hydrazone groups is 1. The molecule has 0 saturated carbocycles. The van der Waals surface area contributed by atoms with Gasteiger partial charge in [-0.15, -0.1) is 0 Å². The van der Waals surface area contributed by atoms with Gasteiger partial charge in [0.25, 0.3) is 0 Å². The van der Waals surface area contributed by atoms with Crippen LogP contribution < -0.4 is 11.2 Å². The van der Waals surface area contributed by atoms with Crippen molar-refractivity contribution in [1.82, 2.24) is 5.43 Å². The molecule has 124 valence electrons. The molecular formula is C15H25N3O4. The second-order valence-corrected chi connectivity index (χ2v) is 6.45. The predicted molar refractivity (Wildman–Crippen MR) is 83.6 cm³/mol. The fourth-order valence-corrected chi connectivity index (χ4v) is 2.45. The first-order valence-corrected chi connectivity index (χ1v) is 7.35. The standard InChI is InChI=1S/C15H25N3O4/c1-9(18-17-6-4-5-10(16)14(21)22)13-11(19)7-15(2,3)8-12(13)20/h10,17,19H,4-8,16H2,1-3H3,(H,21,22)/t10-/m1/s1. The number of nitrogens with one attached hydrogen (secondary N) is 1. The zero-order valence-corrected chi connectivity index (χ0v) is 13.3. The Bertz CT molecular complexity index is 509. The molecule has 0 unspecified atom stereocenters. The minimum absolute atomic E-state index is 0.0807. The number of aliphatic hydroxyl groups excluding tert-OH is 1. The van der Waals surface area contributed by atoms with Gasteiger partial charge in [0.15, 0.2) is 5.78 Å². The number of hydrogen-bond acceptors (Lipinski definition) is 6. The summed E-state index contributed by atoms with van der Waals surface area (Å²) in [4.78, 5) is 22.7. The lowest BCUT2D eigenvalue weighted by Gasteiger charge is -2.29. The lowest BCUT2D eigenvalue weighted by Crippen LogP contribution is -2.31. The van der Waals surface area contributed by atoms with Crippen LogP contribution in [-0.4, -0.2) is 40.3 Å². The number of nitrogens with two attached hydrogens (primary N) is 1. The quantitative estimate of drug-likeness (QED) is 0.319. The van der Waals surface area contributed by atoms with Crippen molar-refractivity contribution in [3.8, 4) is 0 Å². The molecule has 7 nitrogen and oxygen atoms in total. The van der Waals surface area contributed by atoms with Crippen molar-refractivity contribution in [1.29, 1.82) is 0 Å². The van der Waals surface area contributed by atoms with Crippen molar-refractivity contribution in [3.05, 3.63) is 11.3 Å². The molecule has 7 heteroatoms. The number of carbonyl (C=O) groups excluding carboxylic acids is 1. The number of hydrogen-bond donors (Lipinski definition) is 4. The van der Waals surface area contributed by atoms with Crippen LogP contribution in [0, 0.1) is 5.41 Å². The number of Topliss-reactive ketones (excluding diaryl/α,β-unsaturated/α-hetero) is 1. The maximum atomic E-state index is 12.1. The second-order valence-electron chi connectivity index (χ2n) is 6.45. The summed E-state index contributed by atoms with van der Waals surface area (Å²) in [5.41, 5.74) is 8.67. The summed E-state index contributed by atoms with van der Waals surface area (Å²) in [7, 11) is 0. The zero-order valence-electron chi connectivity index (χ0n) is 13.3. The summed E-state index contributed by atoms with van der Waals surface area (Å²) in [5, 5.41) is 22.8. The molecule has 5 N–H and O–H groups in total. The summed E-state index contributed by atoms with van der Waals surface area (Å²) in [6.45, 7) is 5.99. The highest BCUT2D eigenvalue weighted by Crippen LogP contribution is 2.35. The first-order chi connectivity index (χ1) is 10.1. The average Bonchev–Trinajstić information content (AvgIpc) is 2.35. The summed E-state index contributed by atoms with van der Waals surface area (Å²) in [6, 6.07) is -0.874. The van der Waals surface area contributed by atoms with E-state index in [4.69, 9.17) is 10.8 Å². The molecule has 0 saturated heterocycles. The maximum absolute atomic E-state index is 12.1. The monoisotopic (exact) mass is 311 g/mol. The summed E-state index contributed by atoms with van der Waals surface area (Å²) < 4.78 is 0. The van der Waals surface area contributed by atoms with Gasteiger partial charge in [-0.1, -0.05) is 13.8 Å². The molecule has 0 amide bonds. The van der Waals surface area contributed by atoms with E-state index >= 15 is 0 Å². The summed E-state index contributed by atoms with van der Waals surface area (Å²) >= 11 is 0. The molecule has 0 aliphatic heterocycles. The number of carbonyl (C=O) groups is 2. The van der Waals surface area contributed by atoms with E-state index in [1.165, 1.54) is 0 Å². The largest absolute Gasteiger partial charge is 0.511 e. The number of aliphatic hydroxyl groups is 1. The molecule has 1 rings (SSSR count). The Morgan fingerprint density at radius 2 is 2.09 bits per heavy atom. The Labute approximate surface area is 130 Å². The van der Waals surface area contributed by atoms with Gasteiger partial charge in [-0.25, -0.2) is 0 Å². The van der Waals surface area contributed by atoms with E-state index < -0.39 is 12.0 Å². The molecule has 0 aromatic carbocycles. The number of carboxylic acid groups (broad SMARTS) is 1. The van der Waals surface area contributed by atoms with E-state index in [0.29, 0.717) is 37.9 Å². The SMILES string of the molecule is CC(=NNCCC[C@@H](N)C(=O)O)C1=C(O)CC(C)(C)CC1=O. The van der Waals surface area contributed by atoms with Crippen molar-refractivity contribution in [2.75, 3.05) is 6.54 Å². The second kappa shape index (κ2) is 7.40. The molecule has 0 heterocycles.